The molecule has 0 heterocycles. The van der Waals surface area contributed by atoms with E-state index in [2.05, 4.69) is 5.32 Å². The first-order chi connectivity index (χ1) is 18.0. The van der Waals surface area contributed by atoms with Crippen LogP contribution in [0, 0.1) is 13.8 Å². The predicted molar refractivity (Wildman–Crippen MR) is 151 cm³/mol. The summed E-state index contributed by atoms with van der Waals surface area (Å²) >= 11 is 0. The van der Waals surface area contributed by atoms with E-state index in [1.54, 1.807) is 49.4 Å². The number of anilines is 1. The first kappa shape index (κ1) is 28.9. The molecule has 3 rings (SSSR count). The maximum Gasteiger partial charge on any atom is 0.264 e. The van der Waals surface area contributed by atoms with Crippen molar-refractivity contribution in [3.63, 3.8) is 0 Å². The number of nitrogens with zero attached hydrogens (tertiary/aromatic N) is 2. The predicted octanol–water partition coefficient (Wildman–Crippen LogP) is 4.83. The van der Waals surface area contributed by atoms with Gasteiger partial charge in [0.1, 0.15) is 12.6 Å². The summed E-state index contributed by atoms with van der Waals surface area (Å²) in [5, 5.41) is 2.94. The number of carbonyl (C=O) groups is 2. The van der Waals surface area contributed by atoms with Gasteiger partial charge in [-0.1, -0.05) is 72.6 Å². The normalized spacial score (nSPS) is 12.9. The number of nitrogens with one attached hydrogen (secondary N) is 1. The van der Waals surface area contributed by atoms with Crippen molar-refractivity contribution >= 4 is 27.5 Å². The number of amides is 2. The molecule has 0 bridgehead atoms. The van der Waals surface area contributed by atoms with Crippen molar-refractivity contribution in [1.82, 2.24) is 10.2 Å². The van der Waals surface area contributed by atoms with Crippen LogP contribution in [0.5, 0.6) is 0 Å². The molecule has 7 nitrogen and oxygen atoms in total. The maximum absolute atomic E-state index is 13.9. The van der Waals surface area contributed by atoms with E-state index in [-0.39, 0.29) is 23.4 Å². The van der Waals surface area contributed by atoms with E-state index >= 15 is 0 Å². The first-order valence-corrected chi connectivity index (χ1v) is 14.3. The van der Waals surface area contributed by atoms with Crippen molar-refractivity contribution in [3.05, 3.63) is 95.6 Å². The maximum atomic E-state index is 13.9. The molecule has 0 saturated heterocycles. The van der Waals surface area contributed by atoms with E-state index in [9.17, 15) is 18.0 Å². The Morgan fingerprint density at radius 1 is 0.868 bits per heavy atom. The molecule has 0 fully saturated rings. The van der Waals surface area contributed by atoms with Gasteiger partial charge >= 0.3 is 0 Å². The van der Waals surface area contributed by atoms with Gasteiger partial charge in [-0.15, -0.1) is 0 Å². The molecule has 3 aromatic carbocycles. The number of carbonyl (C=O) groups excluding carboxylic acids is 2. The Kier molecular flexibility index (Phi) is 9.69. The average Bonchev–Trinajstić information content (AvgIpc) is 2.90. The van der Waals surface area contributed by atoms with Gasteiger partial charge in [-0.05, 0) is 63.9 Å². The second-order valence-electron chi connectivity index (χ2n) is 9.66. The number of hydrogen-bond acceptors (Lipinski definition) is 4. The molecule has 1 N–H and O–H groups in total. The van der Waals surface area contributed by atoms with Crippen LogP contribution < -0.4 is 9.62 Å². The van der Waals surface area contributed by atoms with Gasteiger partial charge in [-0.25, -0.2) is 8.42 Å². The van der Waals surface area contributed by atoms with Crippen LogP contribution in [0.4, 0.5) is 5.69 Å². The topological polar surface area (TPSA) is 86.8 Å². The van der Waals surface area contributed by atoms with E-state index < -0.39 is 28.5 Å². The lowest BCUT2D eigenvalue weighted by molar-refractivity contribution is -0.139. The lowest BCUT2D eigenvalue weighted by Gasteiger charge is -2.32. The highest BCUT2D eigenvalue weighted by Crippen LogP contribution is 2.25. The van der Waals surface area contributed by atoms with E-state index in [1.165, 1.54) is 17.0 Å². The number of sulfonamides is 1. The molecule has 0 spiro atoms. The van der Waals surface area contributed by atoms with E-state index in [0.29, 0.717) is 5.69 Å². The minimum absolute atomic E-state index is 0.0524. The molecule has 0 aliphatic carbocycles. The van der Waals surface area contributed by atoms with E-state index in [1.807, 2.05) is 52.0 Å². The van der Waals surface area contributed by atoms with Crippen molar-refractivity contribution in [2.24, 2.45) is 0 Å². The van der Waals surface area contributed by atoms with Crippen molar-refractivity contribution in [2.45, 2.75) is 64.6 Å². The minimum atomic E-state index is -4.06. The van der Waals surface area contributed by atoms with Gasteiger partial charge in [0.2, 0.25) is 11.8 Å². The fourth-order valence-electron chi connectivity index (χ4n) is 4.01. The van der Waals surface area contributed by atoms with Crippen LogP contribution in [0.25, 0.3) is 0 Å². The highest BCUT2D eigenvalue weighted by molar-refractivity contribution is 7.92. The van der Waals surface area contributed by atoms with Crippen molar-refractivity contribution in [1.29, 1.82) is 0 Å². The second kappa shape index (κ2) is 12.7. The summed E-state index contributed by atoms with van der Waals surface area (Å²) in [6.07, 6.45) is 0.751. The zero-order chi connectivity index (χ0) is 27.9. The largest absolute Gasteiger partial charge is 0.352 e. The summed E-state index contributed by atoms with van der Waals surface area (Å²) in [5.74, 6) is -0.758. The van der Waals surface area contributed by atoms with E-state index in [4.69, 9.17) is 0 Å². The smallest absolute Gasteiger partial charge is 0.264 e. The summed E-state index contributed by atoms with van der Waals surface area (Å²) in [7, 11) is -4.06. The average molecular weight is 536 g/mol. The molecule has 3 aromatic rings. The standard InChI is InChI=1S/C30H37N3O4S/c1-6-24(4)31-30(35)25(5)32(20-26-12-10-11-23(3)19-26)29(34)21-33(27-17-15-22(2)16-18-27)38(36,37)28-13-8-7-9-14-28/h7-19,24-25H,6,20-21H2,1-5H3,(H,31,35). The molecule has 0 saturated carbocycles. The van der Waals surface area contributed by atoms with Gasteiger partial charge in [0.05, 0.1) is 10.6 Å². The van der Waals surface area contributed by atoms with Crippen LogP contribution >= 0.6 is 0 Å². The Hall–Kier alpha value is -3.65. The molecule has 2 atom stereocenters. The van der Waals surface area contributed by atoms with Crippen molar-refractivity contribution in [3.8, 4) is 0 Å². The Bertz CT molecular complexity index is 1340. The van der Waals surface area contributed by atoms with E-state index in [0.717, 1.165) is 27.4 Å². The van der Waals surface area contributed by atoms with Crippen LogP contribution in [-0.4, -0.2) is 43.8 Å². The lowest BCUT2D eigenvalue weighted by atomic mass is 10.1. The molecule has 38 heavy (non-hydrogen) atoms. The van der Waals surface area contributed by atoms with Gasteiger partial charge in [-0.3, -0.25) is 13.9 Å². The Morgan fingerprint density at radius 2 is 1.53 bits per heavy atom. The molecule has 8 heteroatoms. The number of rotatable bonds is 11. The minimum Gasteiger partial charge on any atom is -0.352 e. The molecule has 202 valence electrons. The van der Waals surface area contributed by atoms with Gasteiger partial charge in [0.25, 0.3) is 10.0 Å². The number of benzene rings is 3. The van der Waals surface area contributed by atoms with Crippen molar-refractivity contribution < 1.29 is 18.0 Å². The summed E-state index contributed by atoms with van der Waals surface area (Å²) in [6.45, 7) is 9.14. The van der Waals surface area contributed by atoms with Crippen LogP contribution in [0.15, 0.2) is 83.8 Å². The highest BCUT2D eigenvalue weighted by atomic mass is 32.2. The molecule has 0 radical (unpaired) electrons. The zero-order valence-electron chi connectivity index (χ0n) is 22.7. The van der Waals surface area contributed by atoms with Crippen LogP contribution in [0.3, 0.4) is 0 Å². The SMILES string of the molecule is CCC(C)NC(=O)C(C)N(Cc1cccc(C)c1)C(=O)CN(c1ccc(C)cc1)S(=O)(=O)c1ccccc1. The first-order valence-electron chi connectivity index (χ1n) is 12.8. The van der Waals surface area contributed by atoms with Gasteiger partial charge in [-0.2, -0.15) is 0 Å². The monoisotopic (exact) mass is 535 g/mol. The van der Waals surface area contributed by atoms with Gasteiger partial charge in [0.15, 0.2) is 0 Å². The quantitative estimate of drug-likeness (QED) is 0.381. The molecule has 0 aliphatic heterocycles. The van der Waals surface area contributed by atoms with Crippen molar-refractivity contribution in [2.75, 3.05) is 10.8 Å². The second-order valence-corrected chi connectivity index (χ2v) is 11.5. The Morgan fingerprint density at radius 3 is 2.13 bits per heavy atom. The highest BCUT2D eigenvalue weighted by Gasteiger charge is 2.32. The third-order valence-electron chi connectivity index (χ3n) is 6.54. The van der Waals surface area contributed by atoms with Gasteiger partial charge in [0, 0.05) is 12.6 Å². The molecule has 2 unspecified atom stereocenters. The molecular formula is C30H37N3O4S. The summed E-state index contributed by atoms with van der Waals surface area (Å²) in [6, 6.07) is 21.9. The molecular weight excluding hydrogens is 498 g/mol. The Labute approximate surface area is 226 Å². The fraction of sp³-hybridized carbons (Fsp3) is 0.333. The number of hydrogen-bond donors (Lipinski definition) is 1. The van der Waals surface area contributed by atoms with Crippen LogP contribution in [0.1, 0.15) is 43.9 Å². The third-order valence-corrected chi connectivity index (χ3v) is 8.32. The van der Waals surface area contributed by atoms with Crippen LogP contribution in [0.2, 0.25) is 0 Å². The van der Waals surface area contributed by atoms with Gasteiger partial charge < -0.3 is 10.2 Å². The Balaban J connectivity index is 2.01. The zero-order valence-corrected chi connectivity index (χ0v) is 23.5. The summed E-state index contributed by atoms with van der Waals surface area (Å²) < 4.78 is 28.6. The molecule has 0 aromatic heterocycles. The third kappa shape index (κ3) is 7.22. The van der Waals surface area contributed by atoms with Crippen LogP contribution in [-0.2, 0) is 26.2 Å². The fourth-order valence-corrected chi connectivity index (χ4v) is 5.45. The molecule has 2 amide bonds. The summed E-state index contributed by atoms with van der Waals surface area (Å²) in [5.41, 5.74) is 3.22. The molecule has 0 aliphatic rings. The lowest BCUT2D eigenvalue weighted by Crippen LogP contribution is -2.52. The summed E-state index contributed by atoms with van der Waals surface area (Å²) in [4.78, 5) is 28.5. The number of aryl methyl sites for hydroxylation is 2.